The first-order chi connectivity index (χ1) is 14.7. The molecule has 0 bridgehead atoms. The average Bonchev–Trinajstić information content (AvgIpc) is 3.09. The zero-order valence-electron chi connectivity index (χ0n) is 16.8. The molecule has 166 valence electrons. The molecular weight excluding hydrogens is 526 g/mol. The second-order valence-electron chi connectivity index (χ2n) is 7.80. The molecule has 2 aromatic rings. The maximum atomic E-state index is 13.0. The molecule has 1 aromatic heterocycles. The molecule has 2 aliphatic rings. The number of morpholine rings is 1. The highest BCUT2D eigenvalue weighted by molar-refractivity contribution is 14.1. The zero-order chi connectivity index (χ0) is 22.2. The van der Waals surface area contributed by atoms with Gasteiger partial charge in [0.2, 0.25) is 0 Å². The van der Waals surface area contributed by atoms with Gasteiger partial charge in [0.15, 0.2) is 0 Å². The molecule has 1 N–H and O–H groups in total. The van der Waals surface area contributed by atoms with E-state index >= 15 is 0 Å². The minimum atomic E-state index is -4.62. The lowest BCUT2D eigenvalue weighted by Crippen LogP contribution is -2.36. The smallest absolute Gasteiger partial charge is 0.433 e. The molecule has 0 radical (unpaired) electrons. The summed E-state index contributed by atoms with van der Waals surface area (Å²) in [6, 6.07) is 7.03. The summed E-state index contributed by atoms with van der Waals surface area (Å²) < 4.78 is 51.4. The fourth-order valence-corrected chi connectivity index (χ4v) is 4.12. The third kappa shape index (κ3) is 4.74. The number of anilines is 2. The first-order valence-electron chi connectivity index (χ1n) is 9.79. The van der Waals surface area contributed by atoms with Crippen molar-refractivity contribution in [2.24, 2.45) is 0 Å². The number of halogens is 4. The molecule has 31 heavy (non-hydrogen) atoms. The van der Waals surface area contributed by atoms with Gasteiger partial charge in [0.1, 0.15) is 22.7 Å². The zero-order valence-corrected chi connectivity index (χ0v) is 18.9. The van der Waals surface area contributed by atoms with E-state index in [1.165, 1.54) is 12.1 Å². The van der Waals surface area contributed by atoms with Gasteiger partial charge in [-0.3, -0.25) is 4.79 Å². The Bertz CT molecular complexity index is 996. The van der Waals surface area contributed by atoms with E-state index in [0.29, 0.717) is 38.4 Å². The highest BCUT2D eigenvalue weighted by Gasteiger charge is 2.36. The molecule has 1 aromatic carbocycles. The number of rotatable bonds is 4. The van der Waals surface area contributed by atoms with Crippen molar-refractivity contribution < 1.29 is 27.4 Å². The molecule has 2 aliphatic heterocycles. The molecule has 10 heteroatoms. The number of carbonyl (C=O) groups is 1. The van der Waals surface area contributed by atoms with E-state index in [0.717, 1.165) is 27.5 Å². The van der Waals surface area contributed by atoms with Gasteiger partial charge >= 0.3 is 6.18 Å². The number of alkyl halides is 4. The van der Waals surface area contributed by atoms with E-state index in [2.05, 4.69) is 37.8 Å². The third-order valence-electron chi connectivity index (χ3n) is 5.25. The number of nitrogens with one attached hydrogen (secondary N) is 1. The Morgan fingerprint density at radius 1 is 1.29 bits per heavy atom. The van der Waals surface area contributed by atoms with Gasteiger partial charge in [0, 0.05) is 35.6 Å². The van der Waals surface area contributed by atoms with Crippen molar-refractivity contribution in [3.63, 3.8) is 0 Å². The average molecular weight is 547 g/mol. The van der Waals surface area contributed by atoms with E-state index in [9.17, 15) is 18.0 Å². The fraction of sp³-hybridized carbons (Fsp3) is 0.429. The summed E-state index contributed by atoms with van der Waals surface area (Å²) in [5.41, 5.74) is 0.483. The van der Waals surface area contributed by atoms with Gasteiger partial charge in [-0.15, -0.1) is 0 Å². The van der Waals surface area contributed by atoms with Crippen molar-refractivity contribution in [1.82, 2.24) is 4.98 Å². The summed E-state index contributed by atoms with van der Waals surface area (Å²) >= 11 is 2.28. The van der Waals surface area contributed by atoms with Crippen LogP contribution >= 0.6 is 22.6 Å². The maximum Gasteiger partial charge on any atom is 0.433 e. The highest BCUT2D eigenvalue weighted by Crippen LogP contribution is 2.42. The van der Waals surface area contributed by atoms with Gasteiger partial charge in [0.05, 0.1) is 24.6 Å². The van der Waals surface area contributed by atoms with Crippen LogP contribution in [0.25, 0.3) is 0 Å². The molecule has 1 saturated heterocycles. The van der Waals surface area contributed by atoms with Crippen LogP contribution in [0.1, 0.15) is 28.7 Å². The molecule has 1 atom stereocenters. The van der Waals surface area contributed by atoms with Crippen molar-refractivity contribution in [2.45, 2.75) is 25.1 Å². The number of nitrogens with zero attached hydrogens (tertiary/aromatic N) is 2. The third-order valence-corrected chi connectivity index (χ3v) is 6.87. The second kappa shape index (κ2) is 8.45. The Kier molecular flexibility index (Phi) is 6.03. The monoisotopic (exact) mass is 547 g/mol. The van der Waals surface area contributed by atoms with Crippen molar-refractivity contribution in [1.29, 1.82) is 0 Å². The first-order valence-corrected chi connectivity index (χ1v) is 11.3. The lowest BCUT2D eigenvalue weighted by Gasteiger charge is -2.31. The van der Waals surface area contributed by atoms with Crippen molar-refractivity contribution in [3.8, 4) is 5.75 Å². The molecule has 1 amide bonds. The predicted octanol–water partition coefficient (Wildman–Crippen LogP) is 4.32. The summed E-state index contributed by atoms with van der Waals surface area (Å²) in [6.07, 6.45) is -3.94. The van der Waals surface area contributed by atoms with Crippen molar-refractivity contribution in [3.05, 3.63) is 47.3 Å². The number of hydrogen-bond acceptors (Lipinski definition) is 5. The van der Waals surface area contributed by atoms with Crippen LogP contribution < -0.4 is 15.0 Å². The minimum absolute atomic E-state index is 0.295. The lowest BCUT2D eigenvalue weighted by molar-refractivity contribution is -0.141. The number of ether oxygens (including phenoxy) is 2. The van der Waals surface area contributed by atoms with E-state index in [1.807, 2.05) is 19.1 Å². The summed E-state index contributed by atoms with van der Waals surface area (Å²) in [7, 11) is 0. The Morgan fingerprint density at radius 3 is 2.71 bits per heavy atom. The molecule has 0 aliphatic carbocycles. The molecule has 3 heterocycles. The number of benzene rings is 1. The van der Waals surface area contributed by atoms with Crippen LogP contribution in [0.15, 0.2) is 30.3 Å². The quantitative estimate of drug-likeness (QED) is 0.457. The van der Waals surface area contributed by atoms with Gasteiger partial charge in [-0.25, -0.2) is 4.98 Å². The van der Waals surface area contributed by atoms with Crippen molar-refractivity contribution >= 4 is 39.9 Å². The summed E-state index contributed by atoms with van der Waals surface area (Å²) in [5.74, 6) is 0.0620. The van der Waals surface area contributed by atoms with Gasteiger partial charge in [-0.1, -0.05) is 28.7 Å². The normalized spacial score (nSPS) is 20.9. The Hall–Kier alpha value is -2.08. The summed E-state index contributed by atoms with van der Waals surface area (Å²) in [5, 5.41) is 2.77. The SMILES string of the molecule is CC1(CI)Cc2cc(NC(=O)c3cccc(C(F)(F)F)n3)c(N3CCOCC3)cc2O1. The standard InChI is InChI=1S/C21H21F3IN3O3/c1-20(12-25)11-13-9-15(16(10-17(13)31-20)28-5-7-30-8-6-28)27-19(29)14-3-2-4-18(26-14)21(22,23)24/h2-4,9-10H,5-8,11-12H2,1H3,(H,27,29). The molecule has 0 saturated carbocycles. The highest BCUT2D eigenvalue weighted by atomic mass is 127. The van der Waals surface area contributed by atoms with Crippen LogP contribution in [-0.2, 0) is 17.3 Å². The number of pyridine rings is 1. The molecule has 4 rings (SSSR count). The molecular formula is C21H21F3IN3O3. The van der Waals surface area contributed by atoms with Gasteiger partial charge < -0.3 is 19.7 Å². The lowest BCUT2D eigenvalue weighted by atomic mass is 10.0. The predicted molar refractivity (Wildman–Crippen MR) is 118 cm³/mol. The number of hydrogen-bond donors (Lipinski definition) is 1. The van der Waals surface area contributed by atoms with E-state index < -0.39 is 17.8 Å². The topological polar surface area (TPSA) is 63.7 Å². The molecule has 6 nitrogen and oxygen atoms in total. The fourth-order valence-electron chi connectivity index (χ4n) is 3.70. The van der Waals surface area contributed by atoms with E-state index in [1.54, 1.807) is 0 Å². The number of carbonyl (C=O) groups excluding carboxylic acids is 1. The first kappa shape index (κ1) is 22.1. The molecule has 0 spiro atoms. The Balaban J connectivity index is 1.67. The van der Waals surface area contributed by atoms with Crippen LogP contribution in [0, 0.1) is 0 Å². The van der Waals surface area contributed by atoms with Crippen LogP contribution in [0.2, 0.25) is 0 Å². The molecule has 1 fully saturated rings. The van der Waals surface area contributed by atoms with Gasteiger partial charge in [-0.05, 0) is 25.1 Å². The van der Waals surface area contributed by atoms with Crippen LogP contribution in [0.5, 0.6) is 5.75 Å². The van der Waals surface area contributed by atoms with Crippen LogP contribution in [-0.4, -0.2) is 47.2 Å². The Labute approximate surface area is 191 Å². The van der Waals surface area contributed by atoms with Gasteiger partial charge in [-0.2, -0.15) is 13.2 Å². The van der Waals surface area contributed by atoms with Crippen LogP contribution in [0.4, 0.5) is 24.5 Å². The molecule has 1 unspecified atom stereocenters. The summed E-state index contributed by atoms with van der Waals surface area (Å²) in [6.45, 7) is 4.39. The number of fused-ring (bicyclic) bond motifs is 1. The van der Waals surface area contributed by atoms with Gasteiger partial charge in [0.25, 0.3) is 5.91 Å². The number of amides is 1. The van der Waals surface area contributed by atoms with E-state index in [4.69, 9.17) is 9.47 Å². The minimum Gasteiger partial charge on any atom is -0.486 e. The Morgan fingerprint density at radius 2 is 2.03 bits per heavy atom. The van der Waals surface area contributed by atoms with Crippen molar-refractivity contribution in [2.75, 3.05) is 40.9 Å². The largest absolute Gasteiger partial charge is 0.486 e. The summed E-state index contributed by atoms with van der Waals surface area (Å²) in [4.78, 5) is 18.4. The van der Waals surface area contributed by atoms with Crippen LogP contribution in [0.3, 0.4) is 0 Å². The van der Waals surface area contributed by atoms with E-state index in [-0.39, 0.29) is 11.3 Å². The second-order valence-corrected chi connectivity index (χ2v) is 8.56. The maximum absolute atomic E-state index is 13.0. The number of aromatic nitrogens is 1.